The van der Waals surface area contributed by atoms with Gasteiger partial charge in [0.15, 0.2) is 0 Å². The number of aliphatic carboxylic acids is 1. The number of nitrogens with zero attached hydrogens (tertiary/aromatic N) is 3. The van der Waals surface area contributed by atoms with E-state index in [9.17, 15) is 14.7 Å². The third kappa shape index (κ3) is 5.25. The smallest absolute Gasteiger partial charge is 0.327 e. The van der Waals surface area contributed by atoms with Gasteiger partial charge < -0.3 is 9.84 Å². The average molecular weight is 587 g/mol. The number of benzene rings is 2. The van der Waals surface area contributed by atoms with Crippen LogP contribution in [-0.2, 0) is 9.59 Å². The molecule has 0 spiro atoms. The van der Waals surface area contributed by atoms with Gasteiger partial charge in [0.2, 0.25) is 5.88 Å². The second kappa shape index (κ2) is 11.0. The van der Waals surface area contributed by atoms with E-state index >= 15 is 0 Å². The van der Waals surface area contributed by atoms with Crippen molar-refractivity contribution >= 4 is 62.2 Å². The molecule has 1 aliphatic heterocycles. The van der Waals surface area contributed by atoms with E-state index in [2.05, 4.69) is 21.0 Å². The summed E-state index contributed by atoms with van der Waals surface area (Å²) in [5.41, 5.74) is 2.05. The zero-order valence-electron chi connectivity index (χ0n) is 19.8. The minimum atomic E-state index is -1.07. The first-order valence-electron chi connectivity index (χ1n) is 11.3. The summed E-state index contributed by atoms with van der Waals surface area (Å²) in [6.07, 6.45) is 2.28. The Bertz CT molecular complexity index is 1340. The summed E-state index contributed by atoms with van der Waals surface area (Å²) in [5.74, 6) is -0.736. The van der Waals surface area contributed by atoms with Crippen molar-refractivity contribution in [3.8, 4) is 17.3 Å². The van der Waals surface area contributed by atoms with Gasteiger partial charge in [-0.1, -0.05) is 78.4 Å². The summed E-state index contributed by atoms with van der Waals surface area (Å²) in [4.78, 5) is 27.0. The van der Waals surface area contributed by atoms with Crippen molar-refractivity contribution in [3.63, 3.8) is 0 Å². The minimum absolute atomic E-state index is 0.224. The molecule has 2 heterocycles. The maximum Gasteiger partial charge on any atom is 0.327 e. The summed E-state index contributed by atoms with van der Waals surface area (Å²) in [7, 11) is 0. The standard InChI is InChI=1S/C26H24BrN3O4S2/c1-4-15(2)22(25(32)33)29-23(31)21(36-26(29)35)14-20-16(3)28-30(18-8-6-5-7-9-18)24(20)34-19-12-10-17(27)11-13-19/h5-15,22H,4H2,1-3H3,(H,32,33)/b21-14-/t15?,22-/m0/s1. The molecule has 2 atom stereocenters. The number of para-hydroxylation sites is 1. The Kier molecular flexibility index (Phi) is 7.97. The summed E-state index contributed by atoms with van der Waals surface area (Å²) < 4.78 is 9.11. The van der Waals surface area contributed by atoms with Gasteiger partial charge in [0, 0.05) is 4.47 Å². The topological polar surface area (TPSA) is 84.7 Å². The molecule has 186 valence electrons. The zero-order chi connectivity index (χ0) is 26.0. The average Bonchev–Trinajstić information content (AvgIpc) is 3.31. The summed E-state index contributed by atoms with van der Waals surface area (Å²) in [6, 6.07) is 15.9. The zero-order valence-corrected chi connectivity index (χ0v) is 23.1. The van der Waals surface area contributed by atoms with Crippen LogP contribution in [0, 0.1) is 12.8 Å². The van der Waals surface area contributed by atoms with Crippen LogP contribution in [0.3, 0.4) is 0 Å². The Hall–Kier alpha value is -2.95. The SMILES string of the molecule is CCC(C)[C@@H](C(=O)O)N1C(=O)/C(=C/c2c(C)nn(-c3ccccc3)c2Oc2ccc(Br)cc2)SC1=S. The van der Waals surface area contributed by atoms with Crippen molar-refractivity contribution in [2.45, 2.75) is 33.2 Å². The highest BCUT2D eigenvalue weighted by atomic mass is 79.9. The highest BCUT2D eigenvalue weighted by Gasteiger charge is 2.42. The molecule has 1 fully saturated rings. The molecule has 0 aliphatic carbocycles. The largest absolute Gasteiger partial charge is 0.480 e. The number of aromatic nitrogens is 2. The molecule has 4 rings (SSSR count). The first kappa shape index (κ1) is 26.1. The fourth-order valence-corrected chi connectivity index (χ4v) is 5.40. The second-order valence-electron chi connectivity index (χ2n) is 8.33. The maximum atomic E-state index is 13.4. The Morgan fingerprint density at radius 2 is 1.89 bits per heavy atom. The predicted molar refractivity (Wildman–Crippen MR) is 148 cm³/mol. The van der Waals surface area contributed by atoms with Gasteiger partial charge >= 0.3 is 5.97 Å². The van der Waals surface area contributed by atoms with Crippen molar-refractivity contribution in [1.82, 2.24) is 14.7 Å². The van der Waals surface area contributed by atoms with Crippen molar-refractivity contribution in [2.75, 3.05) is 0 Å². The van der Waals surface area contributed by atoms with Crippen LogP contribution in [0.25, 0.3) is 11.8 Å². The number of carbonyl (C=O) groups excluding carboxylic acids is 1. The van der Waals surface area contributed by atoms with E-state index < -0.39 is 17.9 Å². The van der Waals surface area contributed by atoms with E-state index in [1.807, 2.05) is 68.4 Å². The quantitative estimate of drug-likeness (QED) is 0.240. The number of carbonyl (C=O) groups is 2. The van der Waals surface area contributed by atoms with E-state index in [0.717, 1.165) is 21.9 Å². The third-order valence-corrected chi connectivity index (χ3v) is 7.76. The number of hydrogen-bond donors (Lipinski definition) is 1. The molecule has 10 heteroatoms. The molecule has 1 N–H and O–H groups in total. The number of amides is 1. The molecular formula is C26H24BrN3O4S2. The molecule has 1 unspecified atom stereocenters. The molecule has 0 saturated carbocycles. The Morgan fingerprint density at radius 1 is 1.22 bits per heavy atom. The lowest BCUT2D eigenvalue weighted by atomic mass is 9.98. The van der Waals surface area contributed by atoms with Gasteiger partial charge in [-0.25, -0.2) is 4.79 Å². The van der Waals surface area contributed by atoms with E-state index in [-0.39, 0.29) is 10.2 Å². The minimum Gasteiger partial charge on any atom is -0.480 e. The van der Waals surface area contributed by atoms with Gasteiger partial charge in [-0.3, -0.25) is 9.69 Å². The normalized spacial score (nSPS) is 16.4. The lowest BCUT2D eigenvalue weighted by Crippen LogP contribution is -2.47. The van der Waals surface area contributed by atoms with Crippen molar-refractivity contribution in [2.24, 2.45) is 5.92 Å². The molecule has 1 saturated heterocycles. The van der Waals surface area contributed by atoms with Crippen LogP contribution in [0.15, 0.2) is 64.0 Å². The molecule has 3 aromatic rings. The van der Waals surface area contributed by atoms with E-state index in [1.54, 1.807) is 17.7 Å². The predicted octanol–water partition coefficient (Wildman–Crippen LogP) is 6.44. The Balaban J connectivity index is 1.79. The number of carboxylic acid groups (broad SMARTS) is 1. The Morgan fingerprint density at radius 3 is 2.50 bits per heavy atom. The summed E-state index contributed by atoms with van der Waals surface area (Å²) in [6.45, 7) is 5.53. The lowest BCUT2D eigenvalue weighted by molar-refractivity contribution is -0.147. The fourth-order valence-electron chi connectivity index (χ4n) is 3.82. The number of thioether (sulfide) groups is 1. The van der Waals surface area contributed by atoms with Crippen LogP contribution < -0.4 is 4.74 Å². The first-order valence-corrected chi connectivity index (χ1v) is 13.3. The third-order valence-electron chi connectivity index (χ3n) is 5.90. The molecular weight excluding hydrogens is 562 g/mol. The van der Waals surface area contributed by atoms with Gasteiger partial charge in [-0.15, -0.1) is 0 Å². The number of aryl methyl sites for hydroxylation is 1. The van der Waals surface area contributed by atoms with Gasteiger partial charge in [-0.2, -0.15) is 9.78 Å². The summed E-state index contributed by atoms with van der Waals surface area (Å²) >= 11 is 9.97. The molecule has 2 aromatic carbocycles. The number of thiocarbonyl (C=S) groups is 1. The molecule has 36 heavy (non-hydrogen) atoms. The van der Waals surface area contributed by atoms with Crippen LogP contribution in [0.1, 0.15) is 31.5 Å². The molecule has 1 aliphatic rings. The number of ether oxygens (including phenoxy) is 1. The molecule has 0 radical (unpaired) electrons. The summed E-state index contributed by atoms with van der Waals surface area (Å²) in [5, 5.41) is 14.5. The van der Waals surface area contributed by atoms with Gasteiger partial charge in [0.25, 0.3) is 5.91 Å². The lowest BCUT2D eigenvalue weighted by Gasteiger charge is -2.27. The molecule has 1 aromatic heterocycles. The van der Waals surface area contributed by atoms with Crippen molar-refractivity contribution < 1.29 is 19.4 Å². The molecule has 7 nitrogen and oxygen atoms in total. The Labute approximate surface area is 227 Å². The van der Waals surface area contributed by atoms with E-state index in [0.29, 0.717) is 34.2 Å². The number of hydrogen-bond acceptors (Lipinski definition) is 6. The number of rotatable bonds is 8. The first-order chi connectivity index (χ1) is 17.2. The van der Waals surface area contributed by atoms with Gasteiger partial charge in [-0.05, 0) is 55.3 Å². The van der Waals surface area contributed by atoms with Crippen LogP contribution in [0.4, 0.5) is 0 Å². The van der Waals surface area contributed by atoms with Crippen molar-refractivity contribution in [1.29, 1.82) is 0 Å². The van der Waals surface area contributed by atoms with E-state index in [1.165, 1.54) is 4.90 Å². The van der Waals surface area contributed by atoms with Crippen LogP contribution in [0.5, 0.6) is 11.6 Å². The highest BCUT2D eigenvalue weighted by molar-refractivity contribution is 9.10. The maximum absolute atomic E-state index is 13.4. The van der Waals surface area contributed by atoms with Crippen LogP contribution in [-0.4, -0.2) is 42.0 Å². The van der Waals surface area contributed by atoms with Gasteiger partial charge in [0.1, 0.15) is 16.1 Å². The molecule has 0 bridgehead atoms. The highest BCUT2D eigenvalue weighted by Crippen LogP contribution is 2.39. The second-order valence-corrected chi connectivity index (χ2v) is 10.9. The number of carboxylic acids is 1. The monoisotopic (exact) mass is 585 g/mol. The van der Waals surface area contributed by atoms with Gasteiger partial charge in [0.05, 0.1) is 21.8 Å². The fraction of sp³-hybridized carbons (Fsp3) is 0.231. The van der Waals surface area contributed by atoms with Crippen LogP contribution in [0.2, 0.25) is 0 Å². The number of halogens is 1. The van der Waals surface area contributed by atoms with Crippen molar-refractivity contribution in [3.05, 3.63) is 75.2 Å². The van der Waals surface area contributed by atoms with E-state index in [4.69, 9.17) is 17.0 Å². The molecule has 1 amide bonds. The van der Waals surface area contributed by atoms with Crippen LogP contribution >= 0.6 is 39.9 Å².